The van der Waals surface area contributed by atoms with Gasteiger partial charge in [0.1, 0.15) is 0 Å². The van der Waals surface area contributed by atoms with E-state index in [0.717, 1.165) is 17.8 Å². The highest BCUT2D eigenvalue weighted by molar-refractivity contribution is 5.24. The number of hydrogen-bond acceptors (Lipinski definition) is 0. The molecule has 0 radical (unpaired) electrons. The first-order valence-electron chi connectivity index (χ1n) is 5.16. The molecular formula is C12H16. The van der Waals surface area contributed by atoms with E-state index in [0.29, 0.717) is 5.41 Å². The molecule has 4 atom stereocenters. The molecule has 0 aromatic heterocycles. The molecule has 0 aliphatic heterocycles. The molecule has 0 aromatic rings. The van der Waals surface area contributed by atoms with Crippen LogP contribution in [0.4, 0.5) is 0 Å². The molecule has 0 nitrogen and oxygen atoms in total. The van der Waals surface area contributed by atoms with Crippen molar-refractivity contribution in [1.29, 1.82) is 0 Å². The van der Waals surface area contributed by atoms with Gasteiger partial charge in [-0.05, 0) is 42.4 Å². The van der Waals surface area contributed by atoms with Crippen molar-refractivity contribution in [2.45, 2.75) is 26.2 Å². The van der Waals surface area contributed by atoms with Gasteiger partial charge < -0.3 is 0 Å². The van der Waals surface area contributed by atoms with E-state index in [1.807, 2.05) is 0 Å². The van der Waals surface area contributed by atoms with Crippen molar-refractivity contribution >= 4 is 0 Å². The molecule has 64 valence electrons. The van der Waals surface area contributed by atoms with Crippen LogP contribution in [0.2, 0.25) is 0 Å². The largest absolute Gasteiger partial charge is 0.0882 e. The Morgan fingerprint density at radius 2 is 2.25 bits per heavy atom. The summed E-state index contributed by atoms with van der Waals surface area (Å²) in [5, 5.41) is 0. The zero-order valence-corrected chi connectivity index (χ0v) is 7.66. The third kappa shape index (κ3) is 0.688. The summed E-state index contributed by atoms with van der Waals surface area (Å²) in [6, 6.07) is 0. The normalized spacial score (nSPS) is 54.6. The predicted octanol–water partition coefficient (Wildman–Crippen LogP) is 3.16. The van der Waals surface area contributed by atoms with Crippen molar-refractivity contribution in [3.05, 3.63) is 24.3 Å². The van der Waals surface area contributed by atoms with E-state index in [1.165, 1.54) is 19.3 Å². The van der Waals surface area contributed by atoms with Gasteiger partial charge in [0.15, 0.2) is 0 Å². The van der Waals surface area contributed by atoms with Gasteiger partial charge in [-0.1, -0.05) is 31.2 Å². The fourth-order valence-corrected chi connectivity index (χ4v) is 3.59. The summed E-state index contributed by atoms with van der Waals surface area (Å²) in [5.74, 6) is 2.75. The lowest BCUT2D eigenvalue weighted by molar-refractivity contribution is 0.246. The van der Waals surface area contributed by atoms with Gasteiger partial charge in [0, 0.05) is 0 Å². The zero-order chi connectivity index (χ0) is 8.18. The molecule has 2 bridgehead atoms. The SMILES string of the molecule is CC12C=CC(C1)C1C=CCCC12. The van der Waals surface area contributed by atoms with E-state index in [2.05, 4.69) is 31.2 Å². The molecule has 0 saturated heterocycles. The van der Waals surface area contributed by atoms with E-state index in [9.17, 15) is 0 Å². The highest BCUT2D eigenvalue weighted by Gasteiger charge is 2.50. The summed E-state index contributed by atoms with van der Waals surface area (Å²) >= 11 is 0. The second-order valence-electron chi connectivity index (χ2n) is 4.92. The molecule has 3 rings (SSSR count). The van der Waals surface area contributed by atoms with E-state index >= 15 is 0 Å². The van der Waals surface area contributed by atoms with Gasteiger partial charge in [-0.3, -0.25) is 0 Å². The van der Waals surface area contributed by atoms with E-state index < -0.39 is 0 Å². The Hall–Kier alpha value is -0.520. The Balaban J connectivity index is 2.04. The first kappa shape index (κ1) is 6.94. The highest BCUT2D eigenvalue weighted by Crippen LogP contribution is 2.59. The van der Waals surface area contributed by atoms with Gasteiger partial charge in [0.25, 0.3) is 0 Å². The second-order valence-corrected chi connectivity index (χ2v) is 4.92. The lowest BCUT2D eigenvalue weighted by Gasteiger charge is -2.34. The summed E-state index contributed by atoms with van der Waals surface area (Å²) in [4.78, 5) is 0. The number of hydrogen-bond donors (Lipinski definition) is 0. The Morgan fingerprint density at radius 3 is 3.08 bits per heavy atom. The molecule has 12 heavy (non-hydrogen) atoms. The van der Waals surface area contributed by atoms with Crippen LogP contribution in [0.3, 0.4) is 0 Å². The topological polar surface area (TPSA) is 0 Å². The van der Waals surface area contributed by atoms with Crippen LogP contribution < -0.4 is 0 Å². The fraction of sp³-hybridized carbons (Fsp3) is 0.667. The minimum Gasteiger partial charge on any atom is -0.0882 e. The lowest BCUT2D eigenvalue weighted by atomic mass is 9.70. The summed E-state index contributed by atoms with van der Waals surface area (Å²) < 4.78 is 0. The van der Waals surface area contributed by atoms with Gasteiger partial charge >= 0.3 is 0 Å². The molecule has 3 aliphatic carbocycles. The molecule has 0 spiro atoms. The average molecular weight is 160 g/mol. The Bertz CT molecular complexity index is 261. The maximum Gasteiger partial charge on any atom is -0.0106 e. The van der Waals surface area contributed by atoms with E-state index in [-0.39, 0.29) is 0 Å². The fourth-order valence-electron chi connectivity index (χ4n) is 3.59. The van der Waals surface area contributed by atoms with E-state index in [1.54, 1.807) is 0 Å². The van der Waals surface area contributed by atoms with Gasteiger partial charge in [-0.2, -0.15) is 0 Å². The smallest absolute Gasteiger partial charge is 0.0106 e. The lowest BCUT2D eigenvalue weighted by Crippen LogP contribution is -2.26. The summed E-state index contributed by atoms with van der Waals surface area (Å²) in [5.41, 5.74) is 0.570. The Kier molecular flexibility index (Phi) is 1.18. The van der Waals surface area contributed by atoms with Gasteiger partial charge in [0.05, 0.1) is 0 Å². The van der Waals surface area contributed by atoms with Crippen LogP contribution in [0.25, 0.3) is 0 Å². The maximum atomic E-state index is 2.48. The molecule has 1 fully saturated rings. The third-order valence-electron chi connectivity index (χ3n) is 4.21. The quantitative estimate of drug-likeness (QED) is 0.477. The van der Waals surface area contributed by atoms with Crippen molar-refractivity contribution in [2.75, 3.05) is 0 Å². The van der Waals surface area contributed by atoms with Gasteiger partial charge in [0.2, 0.25) is 0 Å². The summed E-state index contributed by atoms with van der Waals surface area (Å²) in [6.07, 6.45) is 14.0. The molecule has 0 heterocycles. The van der Waals surface area contributed by atoms with Crippen LogP contribution in [-0.4, -0.2) is 0 Å². The number of rotatable bonds is 0. The number of fused-ring (bicyclic) bond motifs is 5. The molecule has 0 N–H and O–H groups in total. The van der Waals surface area contributed by atoms with Crippen LogP contribution >= 0.6 is 0 Å². The monoisotopic (exact) mass is 160 g/mol. The van der Waals surface area contributed by atoms with Crippen molar-refractivity contribution in [3.63, 3.8) is 0 Å². The molecule has 1 saturated carbocycles. The molecule has 0 heteroatoms. The van der Waals surface area contributed by atoms with Crippen LogP contribution in [0.1, 0.15) is 26.2 Å². The molecule has 3 aliphatic rings. The van der Waals surface area contributed by atoms with Crippen molar-refractivity contribution in [2.24, 2.45) is 23.2 Å². The second kappa shape index (κ2) is 2.04. The average Bonchev–Trinajstić information content (AvgIpc) is 2.60. The van der Waals surface area contributed by atoms with Crippen LogP contribution in [0, 0.1) is 23.2 Å². The summed E-state index contributed by atoms with van der Waals surface area (Å²) in [7, 11) is 0. The van der Waals surface area contributed by atoms with Crippen molar-refractivity contribution in [1.82, 2.24) is 0 Å². The summed E-state index contributed by atoms with van der Waals surface area (Å²) in [6.45, 7) is 2.45. The van der Waals surface area contributed by atoms with E-state index in [4.69, 9.17) is 0 Å². The highest BCUT2D eigenvalue weighted by atomic mass is 14.5. The first-order chi connectivity index (χ1) is 5.80. The predicted molar refractivity (Wildman–Crippen MR) is 50.7 cm³/mol. The molecular weight excluding hydrogens is 144 g/mol. The third-order valence-corrected chi connectivity index (χ3v) is 4.21. The minimum absolute atomic E-state index is 0.570. The van der Waals surface area contributed by atoms with Gasteiger partial charge in [-0.25, -0.2) is 0 Å². The molecule has 0 amide bonds. The number of allylic oxidation sites excluding steroid dienone is 4. The maximum absolute atomic E-state index is 2.48. The minimum atomic E-state index is 0.570. The Labute approximate surface area is 74.4 Å². The molecule has 4 unspecified atom stereocenters. The standard InChI is InChI=1S/C12H16/c1-12-7-6-9(8-12)10-4-2-3-5-11(10)12/h2,4,6-7,9-11H,3,5,8H2,1H3. The van der Waals surface area contributed by atoms with Crippen LogP contribution in [0.5, 0.6) is 0 Å². The van der Waals surface area contributed by atoms with Gasteiger partial charge in [-0.15, -0.1) is 0 Å². The zero-order valence-electron chi connectivity index (χ0n) is 7.66. The van der Waals surface area contributed by atoms with Crippen LogP contribution in [-0.2, 0) is 0 Å². The van der Waals surface area contributed by atoms with Crippen LogP contribution in [0.15, 0.2) is 24.3 Å². The Morgan fingerprint density at radius 1 is 1.33 bits per heavy atom. The van der Waals surface area contributed by atoms with Crippen molar-refractivity contribution < 1.29 is 0 Å². The molecule has 0 aromatic carbocycles. The first-order valence-corrected chi connectivity index (χ1v) is 5.16. The van der Waals surface area contributed by atoms with Crippen molar-refractivity contribution in [3.8, 4) is 0 Å².